The number of hydrogen-bond acceptors (Lipinski definition) is 6. The zero-order chi connectivity index (χ0) is 22.5. The van der Waals surface area contributed by atoms with Gasteiger partial charge in [-0.05, 0) is 44.9 Å². The van der Waals surface area contributed by atoms with E-state index in [-0.39, 0.29) is 6.09 Å². The van der Waals surface area contributed by atoms with Crippen LogP contribution in [0.2, 0.25) is 0 Å². The van der Waals surface area contributed by atoms with E-state index in [2.05, 4.69) is 47.1 Å². The van der Waals surface area contributed by atoms with Crippen LogP contribution in [-0.4, -0.2) is 52.7 Å². The van der Waals surface area contributed by atoms with E-state index in [1.165, 1.54) is 27.1 Å². The molecule has 6 nitrogen and oxygen atoms in total. The van der Waals surface area contributed by atoms with Crippen LogP contribution in [0.3, 0.4) is 0 Å². The first-order chi connectivity index (χ1) is 15.3. The highest BCUT2D eigenvalue weighted by Crippen LogP contribution is 2.46. The first-order valence-corrected chi connectivity index (χ1v) is 11.9. The fourth-order valence-corrected chi connectivity index (χ4v) is 5.43. The van der Waals surface area contributed by atoms with Gasteiger partial charge in [0.15, 0.2) is 0 Å². The number of pyridine rings is 1. The van der Waals surface area contributed by atoms with E-state index in [1.807, 2.05) is 27.0 Å². The molecule has 1 amide bonds. The molecule has 0 N–H and O–H groups in total. The average Bonchev–Trinajstić information content (AvgIpc) is 3.33. The molecule has 1 fully saturated rings. The summed E-state index contributed by atoms with van der Waals surface area (Å²) in [6, 6.07) is 10.7. The summed E-state index contributed by atoms with van der Waals surface area (Å²) >= 11 is 1.73. The standard InChI is InChI=1S/C25H28N4O2S/c1-16-27-23(28-11-13-29(14-12-28)24(30)31-25(2,3)4)22(32-16)19-9-10-26-20-15-17-7-5-6-8-18(17)21(19)20/h5-10H,11-15H2,1-4H3. The van der Waals surface area contributed by atoms with Gasteiger partial charge in [-0.3, -0.25) is 4.98 Å². The van der Waals surface area contributed by atoms with E-state index in [1.54, 1.807) is 16.2 Å². The third-order valence-corrected chi connectivity index (χ3v) is 6.86. The Hall–Kier alpha value is -2.93. The largest absolute Gasteiger partial charge is 0.444 e. The minimum atomic E-state index is -0.481. The number of anilines is 1. The van der Waals surface area contributed by atoms with Gasteiger partial charge in [0.25, 0.3) is 0 Å². The lowest BCUT2D eigenvalue weighted by molar-refractivity contribution is 0.0240. The van der Waals surface area contributed by atoms with Crippen LogP contribution in [0.1, 0.15) is 37.0 Å². The third kappa shape index (κ3) is 3.86. The van der Waals surface area contributed by atoms with Crippen molar-refractivity contribution in [3.63, 3.8) is 0 Å². The number of aromatic nitrogens is 2. The molecule has 1 aromatic carbocycles. The molecule has 0 unspecified atom stereocenters. The van der Waals surface area contributed by atoms with Crippen LogP contribution in [0.25, 0.3) is 21.6 Å². The van der Waals surface area contributed by atoms with Gasteiger partial charge in [-0.1, -0.05) is 24.3 Å². The van der Waals surface area contributed by atoms with Crippen LogP contribution in [0.15, 0.2) is 36.5 Å². The van der Waals surface area contributed by atoms with E-state index in [0.717, 1.165) is 36.0 Å². The number of hydrogen-bond donors (Lipinski definition) is 0. The highest BCUT2D eigenvalue weighted by molar-refractivity contribution is 7.15. The second-order valence-corrected chi connectivity index (χ2v) is 10.6. The number of rotatable bonds is 2. The molecule has 2 aromatic heterocycles. The highest BCUT2D eigenvalue weighted by Gasteiger charge is 2.30. The summed E-state index contributed by atoms with van der Waals surface area (Å²) in [7, 11) is 0. The SMILES string of the molecule is Cc1nc(N2CCN(C(=O)OC(C)(C)C)CC2)c(-c2ccnc3c2-c2ccccc2C3)s1. The minimum absolute atomic E-state index is 0.240. The molecule has 1 saturated heterocycles. The normalized spacial score (nSPS) is 15.5. The Kier molecular flexibility index (Phi) is 5.16. The predicted molar refractivity (Wildman–Crippen MR) is 128 cm³/mol. The van der Waals surface area contributed by atoms with Crippen molar-refractivity contribution >= 4 is 23.2 Å². The topological polar surface area (TPSA) is 58.6 Å². The molecule has 0 saturated carbocycles. The maximum atomic E-state index is 12.5. The molecular weight excluding hydrogens is 420 g/mol. The fourth-order valence-electron chi connectivity index (χ4n) is 4.46. The summed E-state index contributed by atoms with van der Waals surface area (Å²) in [6.07, 6.45) is 2.55. The zero-order valence-corrected chi connectivity index (χ0v) is 19.8. The van der Waals surface area contributed by atoms with Gasteiger partial charge in [0, 0.05) is 49.9 Å². The Morgan fingerprint density at radius 3 is 2.56 bits per heavy atom. The Labute approximate surface area is 192 Å². The summed E-state index contributed by atoms with van der Waals surface area (Å²) in [5.41, 5.74) is 5.70. The van der Waals surface area contributed by atoms with Crippen LogP contribution in [0, 0.1) is 6.92 Å². The molecule has 2 aliphatic rings. The number of benzene rings is 1. The Bertz CT molecular complexity index is 1170. The minimum Gasteiger partial charge on any atom is -0.444 e. The van der Waals surface area contributed by atoms with Crippen molar-refractivity contribution < 1.29 is 9.53 Å². The average molecular weight is 449 g/mol. The van der Waals surface area contributed by atoms with Crippen LogP contribution in [-0.2, 0) is 11.2 Å². The number of ether oxygens (including phenoxy) is 1. The van der Waals surface area contributed by atoms with Crippen molar-refractivity contribution in [2.24, 2.45) is 0 Å². The van der Waals surface area contributed by atoms with Gasteiger partial charge >= 0.3 is 6.09 Å². The fraction of sp³-hybridized carbons (Fsp3) is 0.400. The Morgan fingerprint density at radius 1 is 1.06 bits per heavy atom. The maximum absolute atomic E-state index is 12.5. The lowest BCUT2D eigenvalue weighted by Gasteiger charge is -2.36. The number of fused-ring (bicyclic) bond motifs is 3. The van der Waals surface area contributed by atoms with Gasteiger partial charge < -0.3 is 14.5 Å². The van der Waals surface area contributed by atoms with Crippen LogP contribution >= 0.6 is 11.3 Å². The summed E-state index contributed by atoms with van der Waals surface area (Å²) in [4.78, 5) is 27.3. The van der Waals surface area contributed by atoms with E-state index >= 15 is 0 Å². The van der Waals surface area contributed by atoms with Crippen molar-refractivity contribution in [1.29, 1.82) is 0 Å². The molecule has 3 heterocycles. The van der Waals surface area contributed by atoms with Gasteiger partial charge in [-0.15, -0.1) is 11.3 Å². The summed E-state index contributed by atoms with van der Waals surface area (Å²) < 4.78 is 5.55. The van der Waals surface area contributed by atoms with E-state index < -0.39 is 5.60 Å². The first kappa shape index (κ1) is 20.9. The maximum Gasteiger partial charge on any atom is 0.410 e. The summed E-state index contributed by atoms with van der Waals surface area (Å²) in [6.45, 7) is 10.5. The number of piperazine rings is 1. The molecule has 5 rings (SSSR count). The van der Waals surface area contributed by atoms with E-state index in [9.17, 15) is 4.79 Å². The highest BCUT2D eigenvalue weighted by atomic mass is 32.1. The van der Waals surface area contributed by atoms with Crippen molar-refractivity contribution in [3.8, 4) is 21.6 Å². The number of nitrogens with zero attached hydrogens (tertiary/aromatic N) is 4. The molecule has 0 atom stereocenters. The van der Waals surface area contributed by atoms with Crippen LogP contribution < -0.4 is 4.90 Å². The monoisotopic (exact) mass is 448 g/mol. The van der Waals surface area contributed by atoms with Crippen molar-refractivity contribution in [1.82, 2.24) is 14.9 Å². The molecule has 3 aromatic rings. The smallest absolute Gasteiger partial charge is 0.410 e. The molecule has 0 spiro atoms. The number of carbonyl (C=O) groups is 1. The number of thiazole rings is 1. The molecule has 1 aliphatic carbocycles. The van der Waals surface area contributed by atoms with Gasteiger partial charge in [0.1, 0.15) is 11.4 Å². The second-order valence-electron chi connectivity index (χ2n) is 9.35. The van der Waals surface area contributed by atoms with Crippen molar-refractivity contribution in [2.45, 2.75) is 39.7 Å². The third-order valence-electron chi connectivity index (χ3n) is 5.87. The second kappa shape index (κ2) is 7.89. The number of amides is 1. The molecule has 1 aliphatic heterocycles. The number of carbonyl (C=O) groups excluding carboxylic acids is 1. The molecule has 32 heavy (non-hydrogen) atoms. The molecule has 7 heteroatoms. The molecular formula is C25H28N4O2S. The van der Waals surface area contributed by atoms with Gasteiger partial charge in [0.05, 0.1) is 15.6 Å². The molecule has 166 valence electrons. The van der Waals surface area contributed by atoms with Gasteiger partial charge in [-0.25, -0.2) is 9.78 Å². The van der Waals surface area contributed by atoms with E-state index in [0.29, 0.717) is 13.1 Å². The lowest BCUT2D eigenvalue weighted by Crippen LogP contribution is -2.50. The Balaban J connectivity index is 1.43. The van der Waals surface area contributed by atoms with E-state index in [4.69, 9.17) is 9.72 Å². The van der Waals surface area contributed by atoms with Gasteiger partial charge in [0.2, 0.25) is 0 Å². The molecule has 0 radical (unpaired) electrons. The summed E-state index contributed by atoms with van der Waals surface area (Å²) in [5, 5.41) is 1.04. The van der Waals surface area contributed by atoms with Crippen LogP contribution in [0.5, 0.6) is 0 Å². The lowest BCUT2D eigenvalue weighted by atomic mass is 10.0. The summed E-state index contributed by atoms with van der Waals surface area (Å²) in [5.74, 6) is 1.01. The molecule has 0 bridgehead atoms. The number of aryl methyl sites for hydroxylation is 1. The van der Waals surface area contributed by atoms with Crippen molar-refractivity contribution in [3.05, 3.63) is 52.8 Å². The Morgan fingerprint density at radius 2 is 1.81 bits per heavy atom. The quantitative estimate of drug-likeness (QED) is 0.425. The zero-order valence-electron chi connectivity index (χ0n) is 19.0. The van der Waals surface area contributed by atoms with Crippen LogP contribution in [0.4, 0.5) is 10.6 Å². The van der Waals surface area contributed by atoms with Crippen molar-refractivity contribution in [2.75, 3.05) is 31.1 Å². The first-order valence-electron chi connectivity index (χ1n) is 11.1. The predicted octanol–water partition coefficient (Wildman–Crippen LogP) is 5.14. The van der Waals surface area contributed by atoms with Gasteiger partial charge in [-0.2, -0.15) is 0 Å².